The number of nitrogens with one attached hydrogen (secondary N) is 1. The zero-order chi connectivity index (χ0) is 16.3. The molecule has 1 amide bonds. The lowest BCUT2D eigenvalue weighted by Gasteiger charge is -2.18. The van der Waals surface area contributed by atoms with Crippen molar-refractivity contribution < 1.29 is 22.7 Å². The van der Waals surface area contributed by atoms with Crippen molar-refractivity contribution in [3.8, 4) is 11.5 Å². The quantitative estimate of drug-likeness (QED) is 0.882. The predicted octanol–water partition coefficient (Wildman–Crippen LogP) is 1.32. The number of ether oxygens (including phenoxy) is 2. The Labute approximate surface area is 130 Å². The molecule has 1 saturated heterocycles. The van der Waals surface area contributed by atoms with Gasteiger partial charge in [-0.3, -0.25) is 4.79 Å². The van der Waals surface area contributed by atoms with Crippen LogP contribution in [0.25, 0.3) is 0 Å². The van der Waals surface area contributed by atoms with Gasteiger partial charge in [0.2, 0.25) is 5.91 Å². The summed E-state index contributed by atoms with van der Waals surface area (Å²) in [6, 6.07) is 5.18. The van der Waals surface area contributed by atoms with Crippen LogP contribution in [-0.2, 0) is 14.6 Å². The van der Waals surface area contributed by atoms with Crippen molar-refractivity contribution >= 4 is 15.7 Å². The average molecular weight is 327 g/mol. The molecule has 122 valence electrons. The summed E-state index contributed by atoms with van der Waals surface area (Å²) in [7, 11) is 0.0507. The molecule has 6 nitrogen and oxygen atoms in total. The van der Waals surface area contributed by atoms with Gasteiger partial charge in [0, 0.05) is 0 Å². The van der Waals surface area contributed by atoms with Crippen LogP contribution in [0.4, 0.5) is 0 Å². The van der Waals surface area contributed by atoms with Gasteiger partial charge < -0.3 is 14.8 Å². The number of rotatable bonds is 5. The molecule has 0 unspecified atom stereocenters. The minimum Gasteiger partial charge on any atom is -0.493 e. The molecule has 22 heavy (non-hydrogen) atoms. The molecule has 1 fully saturated rings. The molecular weight excluding hydrogens is 306 g/mol. The minimum atomic E-state index is -3.06. The van der Waals surface area contributed by atoms with Gasteiger partial charge in [-0.15, -0.1) is 0 Å². The average Bonchev–Trinajstić information content (AvgIpc) is 2.86. The van der Waals surface area contributed by atoms with Crippen LogP contribution < -0.4 is 14.8 Å². The summed E-state index contributed by atoms with van der Waals surface area (Å²) < 4.78 is 33.3. The van der Waals surface area contributed by atoms with Crippen LogP contribution in [0.2, 0.25) is 0 Å². The van der Waals surface area contributed by atoms with Gasteiger partial charge in [-0.25, -0.2) is 8.42 Å². The lowest BCUT2D eigenvalue weighted by atomic mass is 10.0. The first-order valence-electron chi connectivity index (χ1n) is 7.09. The van der Waals surface area contributed by atoms with E-state index in [1.165, 1.54) is 0 Å². The van der Waals surface area contributed by atoms with E-state index in [9.17, 15) is 13.2 Å². The number of sulfone groups is 1. The smallest absolute Gasteiger partial charge is 0.224 e. The number of methoxy groups -OCH3 is 2. The van der Waals surface area contributed by atoms with Crippen molar-refractivity contribution in [3.63, 3.8) is 0 Å². The highest BCUT2D eigenvalue weighted by atomic mass is 32.2. The van der Waals surface area contributed by atoms with Gasteiger partial charge in [0.25, 0.3) is 0 Å². The molecule has 2 rings (SSSR count). The Kier molecular flexibility index (Phi) is 4.95. The zero-order valence-corrected chi connectivity index (χ0v) is 13.8. The van der Waals surface area contributed by atoms with Crippen molar-refractivity contribution in [1.29, 1.82) is 0 Å². The largest absolute Gasteiger partial charge is 0.493 e. The Hall–Kier alpha value is -1.76. The molecule has 1 aromatic rings. The van der Waals surface area contributed by atoms with Crippen LogP contribution in [0.5, 0.6) is 11.5 Å². The summed E-state index contributed by atoms with van der Waals surface area (Å²) in [5.41, 5.74) is 0.867. The number of benzene rings is 1. The Morgan fingerprint density at radius 2 is 1.95 bits per heavy atom. The van der Waals surface area contributed by atoms with Crippen molar-refractivity contribution in [2.75, 3.05) is 25.7 Å². The third kappa shape index (κ3) is 3.71. The van der Waals surface area contributed by atoms with Gasteiger partial charge >= 0.3 is 0 Å². The maximum Gasteiger partial charge on any atom is 0.224 e. The fourth-order valence-electron chi connectivity index (χ4n) is 2.54. The maximum absolute atomic E-state index is 12.2. The standard InChI is InChI=1S/C15H21NO5S/c1-10(11-4-5-13(20-2)14(8-11)21-3)16-15(17)12-6-7-22(18,19)9-12/h4-5,8,10,12H,6-7,9H2,1-3H3,(H,16,17)/t10-,12-/m1/s1. The molecule has 0 aromatic heterocycles. The van der Waals surface area contributed by atoms with Crippen molar-refractivity contribution in [2.24, 2.45) is 5.92 Å². The molecule has 1 aliphatic rings. The van der Waals surface area contributed by atoms with E-state index in [0.717, 1.165) is 5.56 Å². The van der Waals surface area contributed by atoms with Gasteiger partial charge in [0.05, 0.1) is 37.7 Å². The van der Waals surface area contributed by atoms with Crippen LogP contribution >= 0.6 is 0 Å². The van der Waals surface area contributed by atoms with Gasteiger partial charge in [0.15, 0.2) is 21.3 Å². The fraction of sp³-hybridized carbons (Fsp3) is 0.533. The Balaban J connectivity index is 2.06. The monoisotopic (exact) mass is 327 g/mol. The molecule has 1 N–H and O–H groups in total. The molecule has 0 bridgehead atoms. The molecule has 7 heteroatoms. The SMILES string of the molecule is COc1ccc([C@@H](C)NC(=O)[C@@H]2CCS(=O)(=O)C2)cc1OC. The van der Waals surface area contributed by atoms with Gasteiger partial charge in [-0.05, 0) is 31.0 Å². The molecule has 0 spiro atoms. The van der Waals surface area contributed by atoms with Gasteiger partial charge in [-0.1, -0.05) is 6.07 Å². The first-order chi connectivity index (χ1) is 10.4. The van der Waals surface area contributed by atoms with E-state index in [1.807, 2.05) is 13.0 Å². The summed E-state index contributed by atoms with van der Waals surface area (Å²) in [4.78, 5) is 12.2. The second-order valence-corrected chi connectivity index (χ2v) is 7.67. The molecule has 0 saturated carbocycles. The molecule has 0 aliphatic carbocycles. The van der Waals surface area contributed by atoms with Gasteiger partial charge in [-0.2, -0.15) is 0 Å². The van der Waals surface area contributed by atoms with E-state index in [4.69, 9.17) is 9.47 Å². The van der Waals surface area contributed by atoms with E-state index < -0.39 is 15.8 Å². The summed E-state index contributed by atoms with van der Waals surface area (Å²) >= 11 is 0. The summed E-state index contributed by atoms with van der Waals surface area (Å²) in [5, 5.41) is 2.86. The van der Waals surface area contributed by atoms with Crippen LogP contribution in [0.15, 0.2) is 18.2 Å². The van der Waals surface area contributed by atoms with E-state index in [0.29, 0.717) is 17.9 Å². The topological polar surface area (TPSA) is 81.7 Å². The molecule has 1 heterocycles. The molecular formula is C15H21NO5S. The molecule has 1 aliphatic heterocycles. The second-order valence-electron chi connectivity index (χ2n) is 5.44. The Morgan fingerprint density at radius 3 is 2.50 bits per heavy atom. The summed E-state index contributed by atoms with van der Waals surface area (Å²) in [6.45, 7) is 1.85. The van der Waals surface area contributed by atoms with Crippen LogP contribution in [0, 0.1) is 5.92 Å². The van der Waals surface area contributed by atoms with E-state index in [-0.39, 0.29) is 23.5 Å². The summed E-state index contributed by atoms with van der Waals surface area (Å²) in [6.07, 6.45) is 0.396. The first-order valence-corrected chi connectivity index (χ1v) is 8.91. The van der Waals surface area contributed by atoms with Crippen LogP contribution in [-0.4, -0.2) is 40.1 Å². The number of hydrogen-bond acceptors (Lipinski definition) is 5. The zero-order valence-electron chi connectivity index (χ0n) is 13.0. The normalized spacial score (nSPS) is 21.1. The highest BCUT2D eigenvalue weighted by Crippen LogP contribution is 2.30. The second kappa shape index (κ2) is 6.56. The minimum absolute atomic E-state index is 0.0580. The van der Waals surface area contributed by atoms with Crippen molar-refractivity contribution in [2.45, 2.75) is 19.4 Å². The van der Waals surface area contributed by atoms with Gasteiger partial charge in [0.1, 0.15) is 0 Å². The van der Waals surface area contributed by atoms with Crippen LogP contribution in [0.1, 0.15) is 24.9 Å². The maximum atomic E-state index is 12.2. The lowest BCUT2D eigenvalue weighted by Crippen LogP contribution is -2.33. The van der Waals surface area contributed by atoms with Crippen molar-refractivity contribution in [1.82, 2.24) is 5.32 Å². The van der Waals surface area contributed by atoms with E-state index >= 15 is 0 Å². The number of hydrogen-bond donors (Lipinski definition) is 1. The lowest BCUT2D eigenvalue weighted by molar-refractivity contribution is -0.124. The fourth-order valence-corrected chi connectivity index (χ4v) is 4.28. The Bertz CT molecular complexity index is 656. The molecule has 1 aromatic carbocycles. The molecule has 0 radical (unpaired) electrons. The highest BCUT2D eigenvalue weighted by Gasteiger charge is 2.33. The van der Waals surface area contributed by atoms with E-state index in [2.05, 4.69) is 5.32 Å². The molecule has 2 atom stereocenters. The first kappa shape index (κ1) is 16.6. The third-order valence-electron chi connectivity index (χ3n) is 3.87. The van der Waals surface area contributed by atoms with E-state index in [1.54, 1.807) is 26.4 Å². The third-order valence-corrected chi connectivity index (χ3v) is 5.64. The number of amides is 1. The summed E-state index contributed by atoms with van der Waals surface area (Å²) in [5.74, 6) is 0.569. The Morgan fingerprint density at radius 1 is 1.27 bits per heavy atom. The number of carbonyl (C=O) groups is 1. The number of carbonyl (C=O) groups excluding carboxylic acids is 1. The predicted molar refractivity (Wildman–Crippen MR) is 82.9 cm³/mol. The van der Waals surface area contributed by atoms with Crippen molar-refractivity contribution in [3.05, 3.63) is 23.8 Å². The van der Waals surface area contributed by atoms with Crippen LogP contribution in [0.3, 0.4) is 0 Å². The highest BCUT2D eigenvalue weighted by molar-refractivity contribution is 7.91.